The molecule has 0 N–H and O–H groups in total. The molecule has 15 heavy (non-hydrogen) atoms. The van der Waals surface area contributed by atoms with Crippen molar-refractivity contribution in [2.24, 2.45) is 0 Å². The van der Waals surface area contributed by atoms with Gasteiger partial charge in [0.25, 0.3) is 0 Å². The second-order valence-corrected chi connectivity index (χ2v) is 3.77. The van der Waals surface area contributed by atoms with Gasteiger partial charge in [-0.3, -0.25) is 4.40 Å². The van der Waals surface area contributed by atoms with Gasteiger partial charge in [0.2, 0.25) is 0 Å². The Morgan fingerprint density at radius 3 is 2.87 bits per heavy atom. The number of rotatable bonds is 0. The van der Waals surface area contributed by atoms with Crippen molar-refractivity contribution in [1.29, 1.82) is 0 Å². The van der Waals surface area contributed by atoms with Crippen molar-refractivity contribution in [1.82, 2.24) is 14.4 Å². The van der Waals surface area contributed by atoms with Crippen molar-refractivity contribution in [3.8, 4) is 0 Å². The van der Waals surface area contributed by atoms with E-state index < -0.39 is 0 Å². The van der Waals surface area contributed by atoms with E-state index in [4.69, 9.17) is 0 Å². The van der Waals surface area contributed by atoms with E-state index in [1.807, 2.05) is 24.4 Å². The zero-order chi connectivity index (χ0) is 10.4. The van der Waals surface area contributed by atoms with Gasteiger partial charge in [-0.15, -0.1) is 0 Å². The van der Waals surface area contributed by atoms with Crippen molar-refractivity contribution >= 4 is 16.8 Å². The molecular formula is C12H11N3. The summed E-state index contributed by atoms with van der Waals surface area (Å²) in [6, 6.07) is 8.09. The SMILES string of the molecule is Cc1ccnc2c1nc1cccc(C)n12. The van der Waals surface area contributed by atoms with Gasteiger partial charge < -0.3 is 0 Å². The van der Waals surface area contributed by atoms with Gasteiger partial charge in [-0.25, -0.2) is 9.97 Å². The summed E-state index contributed by atoms with van der Waals surface area (Å²) in [7, 11) is 0. The Morgan fingerprint density at radius 2 is 2.00 bits per heavy atom. The van der Waals surface area contributed by atoms with Crippen LogP contribution in [0, 0.1) is 13.8 Å². The quantitative estimate of drug-likeness (QED) is 0.554. The Labute approximate surface area is 87.4 Å². The van der Waals surface area contributed by atoms with Crippen LogP contribution in [0.2, 0.25) is 0 Å². The number of hydrogen-bond acceptors (Lipinski definition) is 2. The van der Waals surface area contributed by atoms with Crippen LogP contribution in [0.25, 0.3) is 16.8 Å². The van der Waals surface area contributed by atoms with Gasteiger partial charge in [0.15, 0.2) is 5.65 Å². The molecule has 3 heteroatoms. The van der Waals surface area contributed by atoms with Gasteiger partial charge in [-0.1, -0.05) is 6.07 Å². The van der Waals surface area contributed by atoms with E-state index in [1.165, 1.54) is 5.56 Å². The van der Waals surface area contributed by atoms with E-state index in [1.54, 1.807) is 0 Å². The first-order valence-electron chi connectivity index (χ1n) is 4.97. The molecule has 0 unspecified atom stereocenters. The lowest BCUT2D eigenvalue weighted by atomic mass is 10.3. The van der Waals surface area contributed by atoms with Crippen molar-refractivity contribution in [2.75, 3.05) is 0 Å². The van der Waals surface area contributed by atoms with E-state index in [2.05, 4.69) is 34.3 Å². The number of hydrogen-bond donors (Lipinski definition) is 0. The lowest BCUT2D eigenvalue weighted by Crippen LogP contribution is -1.91. The third-order valence-electron chi connectivity index (χ3n) is 2.71. The molecule has 0 saturated carbocycles. The molecule has 0 aliphatic rings. The van der Waals surface area contributed by atoms with E-state index in [0.717, 1.165) is 22.5 Å². The van der Waals surface area contributed by atoms with Crippen LogP contribution in [0.3, 0.4) is 0 Å². The summed E-state index contributed by atoms with van der Waals surface area (Å²) in [5.74, 6) is 0. The first-order chi connectivity index (χ1) is 7.27. The molecule has 0 bridgehead atoms. The highest BCUT2D eigenvalue weighted by Crippen LogP contribution is 2.18. The molecule has 0 atom stereocenters. The predicted molar refractivity (Wildman–Crippen MR) is 60.0 cm³/mol. The minimum atomic E-state index is 0.947. The van der Waals surface area contributed by atoms with Crippen molar-refractivity contribution < 1.29 is 0 Å². The van der Waals surface area contributed by atoms with Crippen LogP contribution in [0.1, 0.15) is 11.3 Å². The Balaban J connectivity index is 2.65. The number of imidazole rings is 1. The summed E-state index contributed by atoms with van der Waals surface area (Å²) < 4.78 is 2.09. The maximum atomic E-state index is 4.58. The van der Waals surface area contributed by atoms with E-state index in [0.29, 0.717) is 0 Å². The molecule has 0 saturated heterocycles. The summed E-state index contributed by atoms with van der Waals surface area (Å²) in [5, 5.41) is 0. The summed E-state index contributed by atoms with van der Waals surface area (Å²) in [6.45, 7) is 4.13. The zero-order valence-electron chi connectivity index (χ0n) is 8.73. The fraction of sp³-hybridized carbons (Fsp3) is 0.167. The number of aryl methyl sites for hydroxylation is 2. The fourth-order valence-electron chi connectivity index (χ4n) is 1.92. The maximum absolute atomic E-state index is 4.58. The average molecular weight is 197 g/mol. The van der Waals surface area contributed by atoms with Crippen LogP contribution >= 0.6 is 0 Å². The molecule has 3 nitrogen and oxygen atoms in total. The lowest BCUT2D eigenvalue weighted by molar-refractivity contribution is 1.10. The minimum absolute atomic E-state index is 0.947. The van der Waals surface area contributed by atoms with Crippen LogP contribution in [0.15, 0.2) is 30.5 Å². The summed E-state index contributed by atoms with van der Waals surface area (Å²) in [5.41, 5.74) is 5.23. The van der Waals surface area contributed by atoms with Crippen molar-refractivity contribution in [3.63, 3.8) is 0 Å². The Bertz CT molecular complexity index is 652. The normalized spacial score (nSPS) is 11.3. The molecule has 3 rings (SSSR count). The molecule has 0 fully saturated rings. The number of nitrogens with zero attached hydrogens (tertiary/aromatic N) is 3. The highest BCUT2D eigenvalue weighted by atomic mass is 15.1. The van der Waals surface area contributed by atoms with Gasteiger partial charge in [0.05, 0.1) is 0 Å². The molecule has 0 spiro atoms. The number of pyridine rings is 2. The van der Waals surface area contributed by atoms with Crippen molar-refractivity contribution in [2.45, 2.75) is 13.8 Å². The lowest BCUT2D eigenvalue weighted by Gasteiger charge is -1.99. The molecule has 0 radical (unpaired) electrons. The Kier molecular flexibility index (Phi) is 1.57. The topological polar surface area (TPSA) is 30.2 Å². The first-order valence-corrected chi connectivity index (χ1v) is 4.97. The van der Waals surface area contributed by atoms with Gasteiger partial charge in [0, 0.05) is 11.9 Å². The molecular weight excluding hydrogens is 186 g/mol. The zero-order valence-corrected chi connectivity index (χ0v) is 8.73. The third-order valence-corrected chi connectivity index (χ3v) is 2.71. The molecule has 74 valence electrons. The number of fused-ring (bicyclic) bond motifs is 3. The monoisotopic (exact) mass is 197 g/mol. The molecule has 0 amide bonds. The van der Waals surface area contributed by atoms with Gasteiger partial charge >= 0.3 is 0 Å². The average Bonchev–Trinajstić information content (AvgIpc) is 2.59. The molecule has 3 aromatic rings. The van der Waals surface area contributed by atoms with Crippen LogP contribution in [0.4, 0.5) is 0 Å². The molecule has 3 heterocycles. The number of aromatic nitrogens is 3. The van der Waals surface area contributed by atoms with E-state index in [-0.39, 0.29) is 0 Å². The van der Waals surface area contributed by atoms with E-state index >= 15 is 0 Å². The third kappa shape index (κ3) is 1.06. The molecule has 0 aliphatic heterocycles. The van der Waals surface area contributed by atoms with Crippen LogP contribution in [0.5, 0.6) is 0 Å². The molecule has 0 aromatic carbocycles. The minimum Gasteiger partial charge on any atom is -0.281 e. The van der Waals surface area contributed by atoms with Crippen LogP contribution in [-0.4, -0.2) is 14.4 Å². The second kappa shape index (κ2) is 2.79. The largest absolute Gasteiger partial charge is 0.281 e. The second-order valence-electron chi connectivity index (χ2n) is 3.77. The predicted octanol–water partition coefficient (Wildman–Crippen LogP) is 2.50. The van der Waals surface area contributed by atoms with E-state index in [9.17, 15) is 0 Å². The van der Waals surface area contributed by atoms with Gasteiger partial charge in [-0.2, -0.15) is 0 Å². The summed E-state index contributed by atoms with van der Waals surface area (Å²) in [6.07, 6.45) is 1.83. The first kappa shape index (κ1) is 8.41. The van der Waals surface area contributed by atoms with Crippen molar-refractivity contribution in [3.05, 3.63) is 41.7 Å². The smallest absolute Gasteiger partial charge is 0.164 e. The molecule has 0 aliphatic carbocycles. The van der Waals surface area contributed by atoms with Gasteiger partial charge in [0.1, 0.15) is 11.2 Å². The standard InChI is InChI=1S/C12H11N3/c1-8-6-7-13-12-11(8)14-10-5-3-4-9(2)15(10)12/h3-7H,1-2H3. The highest BCUT2D eigenvalue weighted by Gasteiger charge is 2.07. The maximum Gasteiger partial charge on any atom is 0.164 e. The summed E-state index contributed by atoms with van der Waals surface area (Å²) >= 11 is 0. The molecule has 3 aromatic heterocycles. The Hall–Kier alpha value is -1.90. The Morgan fingerprint density at radius 1 is 1.13 bits per heavy atom. The fourth-order valence-corrected chi connectivity index (χ4v) is 1.92. The van der Waals surface area contributed by atoms with Crippen LogP contribution < -0.4 is 0 Å². The van der Waals surface area contributed by atoms with Crippen LogP contribution in [-0.2, 0) is 0 Å². The highest BCUT2D eigenvalue weighted by molar-refractivity contribution is 5.79. The summed E-state index contributed by atoms with van der Waals surface area (Å²) in [4.78, 5) is 8.97. The van der Waals surface area contributed by atoms with Gasteiger partial charge in [-0.05, 0) is 37.6 Å².